The average Bonchev–Trinajstić information content (AvgIpc) is 2.82. The van der Waals surface area contributed by atoms with Gasteiger partial charge in [0.1, 0.15) is 0 Å². The first-order valence-corrected chi connectivity index (χ1v) is 6.92. The molecule has 2 saturated carbocycles. The number of nitrogens with two attached hydrogens (primary N) is 1. The first-order chi connectivity index (χ1) is 7.45. The highest BCUT2D eigenvalue weighted by atomic mass is 15.2. The van der Waals surface area contributed by atoms with E-state index in [4.69, 9.17) is 5.84 Å². The van der Waals surface area contributed by atoms with Crippen molar-refractivity contribution in [3.05, 3.63) is 0 Å². The van der Waals surface area contributed by atoms with E-state index in [0.29, 0.717) is 11.5 Å². The number of hydrazine groups is 1. The maximum atomic E-state index is 5.80. The Hall–Kier alpha value is -0.0800. The average molecular weight is 224 g/mol. The zero-order valence-corrected chi connectivity index (χ0v) is 11.3. The first-order valence-electron chi connectivity index (χ1n) is 6.92. The molecule has 2 rings (SSSR count). The van der Waals surface area contributed by atoms with Gasteiger partial charge >= 0.3 is 0 Å². The quantitative estimate of drug-likeness (QED) is 0.571. The van der Waals surface area contributed by atoms with Gasteiger partial charge in [-0.1, -0.05) is 34.1 Å². The van der Waals surface area contributed by atoms with E-state index in [1.165, 1.54) is 25.7 Å². The number of hydrogen-bond acceptors (Lipinski definition) is 2. The lowest BCUT2D eigenvalue weighted by Gasteiger charge is -2.37. The van der Waals surface area contributed by atoms with Crippen molar-refractivity contribution in [1.29, 1.82) is 0 Å². The molecule has 0 aliphatic heterocycles. The highest BCUT2D eigenvalue weighted by Gasteiger charge is 2.52. The monoisotopic (exact) mass is 224 g/mol. The predicted octanol–water partition coefficient (Wildman–Crippen LogP) is 2.94. The van der Waals surface area contributed by atoms with Gasteiger partial charge in [-0.15, -0.1) is 0 Å². The summed E-state index contributed by atoms with van der Waals surface area (Å²) in [5.74, 6) is 9.19. The fraction of sp³-hybridized carbons (Fsp3) is 1.00. The van der Waals surface area contributed by atoms with Gasteiger partial charge in [0.25, 0.3) is 0 Å². The summed E-state index contributed by atoms with van der Waals surface area (Å²) >= 11 is 0. The van der Waals surface area contributed by atoms with E-state index in [2.05, 4.69) is 33.1 Å². The minimum atomic E-state index is 0.531. The van der Waals surface area contributed by atoms with E-state index in [9.17, 15) is 0 Å². The van der Waals surface area contributed by atoms with Crippen molar-refractivity contribution < 1.29 is 0 Å². The molecule has 16 heavy (non-hydrogen) atoms. The summed E-state index contributed by atoms with van der Waals surface area (Å²) in [5, 5.41) is 0. The molecule has 5 atom stereocenters. The molecule has 0 bridgehead atoms. The van der Waals surface area contributed by atoms with Crippen LogP contribution >= 0.6 is 0 Å². The van der Waals surface area contributed by atoms with E-state index >= 15 is 0 Å². The van der Waals surface area contributed by atoms with Gasteiger partial charge in [0, 0.05) is 6.04 Å². The Morgan fingerprint density at radius 3 is 2.25 bits per heavy atom. The van der Waals surface area contributed by atoms with Crippen LogP contribution < -0.4 is 11.3 Å². The molecule has 0 amide bonds. The molecule has 5 unspecified atom stereocenters. The van der Waals surface area contributed by atoms with Crippen molar-refractivity contribution in [3.63, 3.8) is 0 Å². The van der Waals surface area contributed by atoms with E-state index in [1.807, 2.05) is 0 Å². The number of nitrogens with one attached hydrogen (secondary N) is 1. The van der Waals surface area contributed by atoms with Crippen molar-refractivity contribution in [2.45, 2.75) is 59.4 Å². The zero-order chi connectivity index (χ0) is 11.9. The Kier molecular flexibility index (Phi) is 3.33. The smallest absolute Gasteiger partial charge is 0.0272 e. The Balaban J connectivity index is 1.95. The zero-order valence-electron chi connectivity index (χ0n) is 11.3. The Morgan fingerprint density at radius 2 is 1.81 bits per heavy atom. The highest BCUT2D eigenvalue weighted by molar-refractivity contribution is 5.03. The van der Waals surface area contributed by atoms with Crippen LogP contribution in [0.25, 0.3) is 0 Å². The van der Waals surface area contributed by atoms with Gasteiger partial charge in [0.15, 0.2) is 0 Å². The first kappa shape index (κ1) is 12.4. The second kappa shape index (κ2) is 4.30. The molecular formula is C14H28N2. The van der Waals surface area contributed by atoms with Gasteiger partial charge in [0.2, 0.25) is 0 Å². The summed E-state index contributed by atoms with van der Waals surface area (Å²) in [5.41, 5.74) is 3.66. The molecule has 2 nitrogen and oxygen atoms in total. The van der Waals surface area contributed by atoms with Crippen LogP contribution in [0.4, 0.5) is 0 Å². The van der Waals surface area contributed by atoms with Crippen LogP contribution in [0, 0.1) is 29.1 Å². The maximum absolute atomic E-state index is 5.80. The van der Waals surface area contributed by atoms with Crippen LogP contribution in [-0.4, -0.2) is 6.04 Å². The Labute approximate surface area is 100 Å². The van der Waals surface area contributed by atoms with Gasteiger partial charge in [-0.2, -0.15) is 0 Å². The van der Waals surface area contributed by atoms with Gasteiger partial charge in [0.05, 0.1) is 0 Å². The minimum absolute atomic E-state index is 0.531. The molecule has 2 heteroatoms. The van der Waals surface area contributed by atoms with Crippen molar-refractivity contribution in [2.75, 3.05) is 0 Å². The second-order valence-corrected chi connectivity index (χ2v) is 7.02. The summed E-state index contributed by atoms with van der Waals surface area (Å²) in [6, 6.07) is 0.560. The Morgan fingerprint density at radius 1 is 1.19 bits per heavy atom. The summed E-state index contributed by atoms with van der Waals surface area (Å²) in [7, 11) is 0. The SMILES string of the molecule is CC1CCC(C(NN)C2CC2(C)C)CC1C. The lowest BCUT2D eigenvalue weighted by molar-refractivity contribution is 0.154. The van der Waals surface area contributed by atoms with Crippen LogP contribution in [0.1, 0.15) is 53.4 Å². The van der Waals surface area contributed by atoms with Gasteiger partial charge in [-0.3, -0.25) is 11.3 Å². The molecular weight excluding hydrogens is 196 g/mol. The fourth-order valence-corrected chi connectivity index (χ4v) is 3.62. The van der Waals surface area contributed by atoms with Crippen molar-refractivity contribution >= 4 is 0 Å². The number of rotatable bonds is 3. The van der Waals surface area contributed by atoms with E-state index in [-0.39, 0.29) is 0 Å². The molecule has 0 heterocycles. The van der Waals surface area contributed by atoms with Crippen molar-refractivity contribution in [3.8, 4) is 0 Å². The molecule has 94 valence electrons. The molecule has 2 aliphatic carbocycles. The lowest BCUT2D eigenvalue weighted by atomic mass is 9.72. The maximum Gasteiger partial charge on any atom is 0.0272 e. The largest absolute Gasteiger partial charge is 0.271 e. The topological polar surface area (TPSA) is 38.0 Å². The summed E-state index contributed by atoms with van der Waals surface area (Å²) in [6.07, 6.45) is 5.47. The third-order valence-corrected chi connectivity index (χ3v) is 5.36. The highest BCUT2D eigenvalue weighted by Crippen LogP contribution is 2.56. The number of hydrogen-bond donors (Lipinski definition) is 2. The van der Waals surface area contributed by atoms with Crippen molar-refractivity contribution in [2.24, 2.45) is 34.9 Å². The summed E-state index contributed by atoms with van der Waals surface area (Å²) < 4.78 is 0. The second-order valence-electron chi connectivity index (χ2n) is 7.02. The van der Waals surface area contributed by atoms with Gasteiger partial charge in [-0.05, 0) is 48.3 Å². The molecule has 0 saturated heterocycles. The molecule has 0 radical (unpaired) electrons. The molecule has 0 aromatic rings. The molecule has 0 aromatic heterocycles. The van der Waals surface area contributed by atoms with Gasteiger partial charge < -0.3 is 0 Å². The van der Waals surface area contributed by atoms with E-state index in [0.717, 1.165) is 23.7 Å². The third-order valence-electron chi connectivity index (χ3n) is 5.36. The van der Waals surface area contributed by atoms with Crippen LogP contribution in [0.5, 0.6) is 0 Å². The molecule has 0 spiro atoms. The van der Waals surface area contributed by atoms with Crippen LogP contribution in [0.15, 0.2) is 0 Å². The normalized spacial score (nSPS) is 44.1. The van der Waals surface area contributed by atoms with Gasteiger partial charge in [-0.25, -0.2) is 0 Å². The Bertz CT molecular complexity index is 249. The van der Waals surface area contributed by atoms with Crippen molar-refractivity contribution in [1.82, 2.24) is 5.43 Å². The fourth-order valence-electron chi connectivity index (χ4n) is 3.62. The van der Waals surface area contributed by atoms with Crippen LogP contribution in [-0.2, 0) is 0 Å². The molecule has 0 aromatic carbocycles. The molecule has 2 aliphatic rings. The van der Waals surface area contributed by atoms with E-state index < -0.39 is 0 Å². The lowest BCUT2D eigenvalue weighted by Crippen LogP contribution is -2.45. The minimum Gasteiger partial charge on any atom is -0.271 e. The summed E-state index contributed by atoms with van der Waals surface area (Å²) in [4.78, 5) is 0. The van der Waals surface area contributed by atoms with Crippen LogP contribution in [0.3, 0.4) is 0 Å². The standard InChI is InChI=1S/C14H28N2/c1-9-5-6-11(7-10(9)2)13(16-15)12-8-14(12,3)4/h9-13,16H,5-8,15H2,1-4H3. The third kappa shape index (κ3) is 2.28. The van der Waals surface area contributed by atoms with Crippen LogP contribution in [0.2, 0.25) is 0 Å². The summed E-state index contributed by atoms with van der Waals surface area (Å²) in [6.45, 7) is 9.54. The van der Waals surface area contributed by atoms with E-state index in [1.54, 1.807) is 0 Å². The predicted molar refractivity (Wildman–Crippen MR) is 68.7 cm³/mol. The molecule has 3 N–H and O–H groups in total. The molecule has 2 fully saturated rings.